The third-order valence-electron chi connectivity index (χ3n) is 3.29. The summed E-state index contributed by atoms with van der Waals surface area (Å²) in [5.74, 6) is 1.34. The molecule has 1 aromatic heterocycles. The standard InChI is InChI=1S/C15H21N3O/c1-10(2)13-7-11(5-6-15(13)19-4)14-8-12(9-16)17-18(14)3/h5-8,10H,9,16H2,1-4H3. The molecule has 0 unspecified atom stereocenters. The summed E-state index contributed by atoms with van der Waals surface area (Å²) in [5, 5.41) is 4.38. The number of ether oxygens (including phenoxy) is 1. The summed E-state index contributed by atoms with van der Waals surface area (Å²) in [6.45, 7) is 4.79. The van der Waals surface area contributed by atoms with Gasteiger partial charge >= 0.3 is 0 Å². The van der Waals surface area contributed by atoms with E-state index in [0.717, 1.165) is 22.7 Å². The predicted molar refractivity (Wildman–Crippen MR) is 77.2 cm³/mol. The molecule has 0 saturated heterocycles. The molecule has 0 amide bonds. The van der Waals surface area contributed by atoms with Crippen LogP contribution in [0.25, 0.3) is 11.3 Å². The highest BCUT2D eigenvalue weighted by Gasteiger charge is 2.12. The van der Waals surface area contributed by atoms with Crippen molar-refractivity contribution < 1.29 is 4.74 Å². The number of hydrogen-bond donors (Lipinski definition) is 1. The Hall–Kier alpha value is -1.81. The van der Waals surface area contributed by atoms with Crippen molar-refractivity contribution in [1.82, 2.24) is 9.78 Å². The molecule has 1 aromatic carbocycles. The van der Waals surface area contributed by atoms with Gasteiger partial charge in [-0.1, -0.05) is 13.8 Å². The molecule has 4 heteroatoms. The fourth-order valence-corrected chi connectivity index (χ4v) is 2.24. The summed E-state index contributed by atoms with van der Waals surface area (Å²) in [4.78, 5) is 0. The van der Waals surface area contributed by atoms with Crippen LogP contribution in [-0.4, -0.2) is 16.9 Å². The minimum atomic E-state index is 0.414. The maximum Gasteiger partial charge on any atom is 0.122 e. The number of rotatable bonds is 4. The quantitative estimate of drug-likeness (QED) is 0.918. The Balaban J connectivity index is 2.50. The van der Waals surface area contributed by atoms with Crippen LogP contribution in [0, 0.1) is 0 Å². The molecule has 0 radical (unpaired) electrons. The smallest absolute Gasteiger partial charge is 0.122 e. The lowest BCUT2D eigenvalue weighted by Gasteiger charge is -2.13. The van der Waals surface area contributed by atoms with Gasteiger partial charge in [0.2, 0.25) is 0 Å². The van der Waals surface area contributed by atoms with Gasteiger partial charge in [0.15, 0.2) is 0 Å². The maximum absolute atomic E-state index is 5.64. The first kappa shape index (κ1) is 13.6. The molecule has 0 fully saturated rings. The molecule has 0 bridgehead atoms. The summed E-state index contributed by atoms with van der Waals surface area (Å²) in [5.41, 5.74) is 9.96. The molecule has 0 atom stereocenters. The maximum atomic E-state index is 5.64. The van der Waals surface area contributed by atoms with Crippen LogP contribution in [0.3, 0.4) is 0 Å². The molecular formula is C15H21N3O. The van der Waals surface area contributed by atoms with Crippen LogP contribution in [0.4, 0.5) is 0 Å². The Labute approximate surface area is 114 Å². The molecule has 1 heterocycles. The molecule has 0 aliphatic rings. The van der Waals surface area contributed by atoms with Crippen molar-refractivity contribution in [3.8, 4) is 17.0 Å². The lowest BCUT2D eigenvalue weighted by atomic mass is 9.98. The van der Waals surface area contributed by atoms with E-state index >= 15 is 0 Å². The molecule has 0 aliphatic carbocycles. The van der Waals surface area contributed by atoms with Gasteiger partial charge in [0.25, 0.3) is 0 Å². The van der Waals surface area contributed by atoms with E-state index in [-0.39, 0.29) is 0 Å². The summed E-state index contributed by atoms with van der Waals surface area (Å²) in [6, 6.07) is 8.27. The van der Waals surface area contributed by atoms with Gasteiger partial charge in [0, 0.05) is 19.2 Å². The third kappa shape index (κ3) is 2.63. The summed E-state index contributed by atoms with van der Waals surface area (Å²) >= 11 is 0. The summed E-state index contributed by atoms with van der Waals surface area (Å²) in [7, 11) is 3.64. The van der Waals surface area contributed by atoms with Crippen LogP contribution >= 0.6 is 0 Å². The molecule has 0 aliphatic heterocycles. The van der Waals surface area contributed by atoms with Crippen LogP contribution in [0.2, 0.25) is 0 Å². The first-order valence-corrected chi connectivity index (χ1v) is 6.48. The number of hydrogen-bond acceptors (Lipinski definition) is 3. The Bertz CT molecular complexity index is 573. The number of nitrogens with two attached hydrogens (primary N) is 1. The number of nitrogens with zero attached hydrogens (tertiary/aromatic N) is 2. The largest absolute Gasteiger partial charge is 0.496 e. The van der Waals surface area contributed by atoms with E-state index in [0.29, 0.717) is 12.5 Å². The van der Waals surface area contributed by atoms with Crippen molar-refractivity contribution in [2.45, 2.75) is 26.3 Å². The van der Waals surface area contributed by atoms with Crippen LogP contribution in [0.1, 0.15) is 31.0 Å². The van der Waals surface area contributed by atoms with Gasteiger partial charge in [0.05, 0.1) is 18.5 Å². The van der Waals surface area contributed by atoms with E-state index in [1.54, 1.807) is 7.11 Å². The van der Waals surface area contributed by atoms with Gasteiger partial charge in [0.1, 0.15) is 5.75 Å². The normalized spacial score (nSPS) is 11.1. The molecule has 0 saturated carbocycles. The zero-order chi connectivity index (χ0) is 14.0. The average molecular weight is 259 g/mol. The highest BCUT2D eigenvalue weighted by atomic mass is 16.5. The zero-order valence-corrected chi connectivity index (χ0v) is 12.0. The lowest BCUT2D eigenvalue weighted by Crippen LogP contribution is -1.99. The Morgan fingerprint density at radius 1 is 1.32 bits per heavy atom. The van der Waals surface area contributed by atoms with Crippen LogP contribution in [-0.2, 0) is 13.6 Å². The second-order valence-electron chi connectivity index (χ2n) is 4.96. The topological polar surface area (TPSA) is 53.1 Å². The van der Waals surface area contributed by atoms with Crippen molar-refractivity contribution >= 4 is 0 Å². The lowest BCUT2D eigenvalue weighted by molar-refractivity contribution is 0.407. The van der Waals surface area contributed by atoms with Gasteiger partial charge in [-0.05, 0) is 35.7 Å². The van der Waals surface area contributed by atoms with E-state index in [9.17, 15) is 0 Å². The van der Waals surface area contributed by atoms with Crippen LogP contribution < -0.4 is 10.5 Å². The van der Waals surface area contributed by atoms with E-state index < -0.39 is 0 Å². The van der Waals surface area contributed by atoms with E-state index in [2.05, 4.69) is 31.1 Å². The van der Waals surface area contributed by atoms with E-state index in [1.807, 2.05) is 23.9 Å². The summed E-state index contributed by atoms with van der Waals surface area (Å²) < 4.78 is 7.28. The first-order valence-electron chi connectivity index (χ1n) is 6.48. The van der Waals surface area contributed by atoms with Gasteiger partial charge in [-0.25, -0.2) is 0 Å². The Morgan fingerprint density at radius 3 is 2.58 bits per heavy atom. The second kappa shape index (κ2) is 5.45. The molecular weight excluding hydrogens is 238 g/mol. The summed E-state index contributed by atoms with van der Waals surface area (Å²) in [6.07, 6.45) is 0. The number of aryl methyl sites for hydroxylation is 1. The molecule has 4 nitrogen and oxygen atoms in total. The predicted octanol–water partition coefficient (Wildman–Crippen LogP) is 2.68. The van der Waals surface area contributed by atoms with Crippen LogP contribution in [0.15, 0.2) is 24.3 Å². The number of benzene rings is 1. The van der Waals surface area contributed by atoms with Gasteiger partial charge in [-0.3, -0.25) is 4.68 Å². The fraction of sp³-hybridized carbons (Fsp3) is 0.400. The van der Waals surface area contributed by atoms with Crippen molar-refractivity contribution in [1.29, 1.82) is 0 Å². The molecule has 0 spiro atoms. The van der Waals surface area contributed by atoms with Crippen molar-refractivity contribution in [2.24, 2.45) is 12.8 Å². The van der Waals surface area contributed by atoms with E-state index in [1.165, 1.54) is 5.56 Å². The van der Waals surface area contributed by atoms with Gasteiger partial charge in [-0.15, -0.1) is 0 Å². The molecule has 102 valence electrons. The SMILES string of the molecule is COc1ccc(-c2cc(CN)nn2C)cc1C(C)C. The Morgan fingerprint density at radius 2 is 2.05 bits per heavy atom. The monoisotopic (exact) mass is 259 g/mol. The Kier molecular flexibility index (Phi) is 3.90. The van der Waals surface area contributed by atoms with Crippen molar-refractivity contribution in [3.05, 3.63) is 35.5 Å². The van der Waals surface area contributed by atoms with Gasteiger partial charge in [-0.2, -0.15) is 5.10 Å². The second-order valence-corrected chi connectivity index (χ2v) is 4.96. The van der Waals surface area contributed by atoms with Gasteiger partial charge < -0.3 is 10.5 Å². The number of aromatic nitrogens is 2. The zero-order valence-electron chi connectivity index (χ0n) is 12.0. The first-order chi connectivity index (χ1) is 9.06. The average Bonchev–Trinajstić information content (AvgIpc) is 2.79. The highest BCUT2D eigenvalue weighted by molar-refractivity contribution is 5.63. The van der Waals surface area contributed by atoms with Crippen LogP contribution in [0.5, 0.6) is 5.75 Å². The molecule has 2 aromatic rings. The third-order valence-corrected chi connectivity index (χ3v) is 3.29. The highest BCUT2D eigenvalue weighted by Crippen LogP contribution is 2.31. The minimum absolute atomic E-state index is 0.414. The molecule has 2 rings (SSSR count). The molecule has 2 N–H and O–H groups in total. The van der Waals surface area contributed by atoms with Crippen molar-refractivity contribution in [3.63, 3.8) is 0 Å². The van der Waals surface area contributed by atoms with E-state index in [4.69, 9.17) is 10.5 Å². The number of methoxy groups -OCH3 is 1. The van der Waals surface area contributed by atoms with Crippen molar-refractivity contribution in [2.75, 3.05) is 7.11 Å². The fourth-order valence-electron chi connectivity index (χ4n) is 2.24. The minimum Gasteiger partial charge on any atom is -0.496 e. The molecule has 19 heavy (non-hydrogen) atoms.